The highest BCUT2D eigenvalue weighted by molar-refractivity contribution is 5.82. The average Bonchev–Trinajstić information content (AvgIpc) is 2.24. The Morgan fingerprint density at radius 3 is 2.31 bits per heavy atom. The Morgan fingerprint density at radius 1 is 1.19 bits per heavy atom. The van der Waals surface area contributed by atoms with E-state index in [9.17, 15) is 4.79 Å². The van der Waals surface area contributed by atoms with E-state index in [0.29, 0.717) is 5.41 Å². The second-order valence-corrected chi connectivity index (χ2v) is 6.16. The molecule has 0 atom stereocenters. The van der Waals surface area contributed by atoms with Crippen molar-refractivity contribution in [1.29, 1.82) is 0 Å². The summed E-state index contributed by atoms with van der Waals surface area (Å²) in [5.74, 6) is 0.266. The summed E-state index contributed by atoms with van der Waals surface area (Å²) in [6.45, 7) is 7.20. The van der Waals surface area contributed by atoms with Crippen molar-refractivity contribution in [2.75, 3.05) is 19.6 Å². The first kappa shape index (κ1) is 11.9. The Hall–Kier alpha value is -0.570. The van der Waals surface area contributed by atoms with Crippen LogP contribution in [0.25, 0.3) is 0 Å². The Labute approximate surface area is 98.4 Å². The predicted octanol–water partition coefficient (Wildman–Crippen LogP) is 1.68. The number of piperidine rings is 1. The third-order valence-corrected chi connectivity index (χ3v) is 4.49. The van der Waals surface area contributed by atoms with E-state index in [1.807, 2.05) is 0 Å². The number of nitrogens with one attached hydrogen (secondary N) is 2. The fraction of sp³-hybridized carbons (Fsp3) is 0.923. The summed E-state index contributed by atoms with van der Waals surface area (Å²) in [5, 5.41) is 6.48. The van der Waals surface area contributed by atoms with Crippen molar-refractivity contribution in [2.24, 2.45) is 10.8 Å². The standard InChI is InChI=1S/C13H24N2O/c1-12(4-3-5-12)10-15-11(16)13(2)6-8-14-9-7-13/h14H,3-10H2,1-2H3,(H,15,16). The molecule has 16 heavy (non-hydrogen) atoms. The molecular weight excluding hydrogens is 200 g/mol. The SMILES string of the molecule is CC1(CNC(=O)C2(C)CCNCC2)CCC1. The molecule has 1 saturated carbocycles. The van der Waals surface area contributed by atoms with Crippen molar-refractivity contribution >= 4 is 5.91 Å². The number of carbonyl (C=O) groups is 1. The lowest BCUT2D eigenvalue weighted by molar-refractivity contribution is -0.132. The van der Waals surface area contributed by atoms with Crippen LogP contribution in [0.1, 0.15) is 46.0 Å². The summed E-state index contributed by atoms with van der Waals surface area (Å²) in [7, 11) is 0. The van der Waals surface area contributed by atoms with Gasteiger partial charge in [0.15, 0.2) is 0 Å². The van der Waals surface area contributed by atoms with E-state index in [4.69, 9.17) is 0 Å². The maximum atomic E-state index is 12.2. The topological polar surface area (TPSA) is 41.1 Å². The van der Waals surface area contributed by atoms with Crippen LogP contribution in [0.5, 0.6) is 0 Å². The number of hydrogen-bond donors (Lipinski definition) is 2. The van der Waals surface area contributed by atoms with E-state index in [1.54, 1.807) is 0 Å². The molecule has 3 heteroatoms. The number of carbonyl (C=O) groups excluding carboxylic acids is 1. The molecule has 0 unspecified atom stereocenters. The molecule has 0 spiro atoms. The van der Waals surface area contributed by atoms with Crippen LogP contribution in [0.3, 0.4) is 0 Å². The zero-order valence-corrected chi connectivity index (χ0v) is 10.6. The van der Waals surface area contributed by atoms with Crippen LogP contribution >= 0.6 is 0 Å². The lowest BCUT2D eigenvalue weighted by atomic mass is 9.70. The lowest BCUT2D eigenvalue weighted by Crippen LogP contribution is -2.49. The Bertz CT molecular complexity index is 265. The van der Waals surface area contributed by atoms with Gasteiger partial charge in [0.2, 0.25) is 5.91 Å². The van der Waals surface area contributed by atoms with Crippen LogP contribution in [0.4, 0.5) is 0 Å². The van der Waals surface area contributed by atoms with E-state index < -0.39 is 0 Å². The van der Waals surface area contributed by atoms with Crippen molar-refractivity contribution in [2.45, 2.75) is 46.0 Å². The molecule has 92 valence electrons. The Kier molecular flexibility index (Phi) is 3.24. The van der Waals surface area contributed by atoms with Crippen molar-refractivity contribution < 1.29 is 4.79 Å². The molecule has 1 heterocycles. The minimum absolute atomic E-state index is 0.134. The van der Waals surface area contributed by atoms with Crippen molar-refractivity contribution in [1.82, 2.24) is 10.6 Å². The Balaban J connectivity index is 1.82. The highest BCUT2D eigenvalue weighted by Crippen LogP contribution is 2.39. The van der Waals surface area contributed by atoms with E-state index in [0.717, 1.165) is 32.5 Å². The maximum Gasteiger partial charge on any atom is 0.226 e. The largest absolute Gasteiger partial charge is 0.355 e. The third kappa shape index (κ3) is 2.40. The van der Waals surface area contributed by atoms with Gasteiger partial charge in [0, 0.05) is 12.0 Å². The lowest BCUT2D eigenvalue weighted by Gasteiger charge is -2.40. The molecule has 3 nitrogen and oxygen atoms in total. The van der Waals surface area contributed by atoms with Crippen LogP contribution in [-0.4, -0.2) is 25.5 Å². The first-order chi connectivity index (χ1) is 7.54. The van der Waals surface area contributed by atoms with Crippen LogP contribution in [0.15, 0.2) is 0 Å². The van der Waals surface area contributed by atoms with Crippen molar-refractivity contribution in [3.05, 3.63) is 0 Å². The fourth-order valence-electron chi connectivity index (χ4n) is 2.67. The minimum Gasteiger partial charge on any atom is -0.355 e. The molecular formula is C13H24N2O. The van der Waals surface area contributed by atoms with Gasteiger partial charge in [0.25, 0.3) is 0 Å². The fourth-order valence-corrected chi connectivity index (χ4v) is 2.67. The monoisotopic (exact) mass is 224 g/mol. The summed E-state index contributed by atoms with van der Waals surface area (Å²) in [6.07, 6.45) is 5.80. The molecule has 0 radical (unpaired) electrons. The van der Waals surface area contributed by atoms with E-state index in [-0.39, 0.29) is 11.3 Å². The van der Waals surface area contributed by atoms with Gasteiger partial charge in [0.05, 0.1) is 0 Å². The second kappa shape index (κ2) is 4.36. The van der Waals surface area contributed by atoms with Crippen LogP contribution in [-0.2, 0) is 4.79 Å². The Morgan fingerprint density at radius 2 is 1.81 bits per heavy atom. The van der Waals surface area contributed by atoms with Gasteiger partial charge >= 0.3 is 0 Å². The van der Waals surface area contributed by atoms with Gasteiger partial charge in [-0.15, -0.1) is 0 Å². The zero-order chi connectivity index (χ0) is 11.6. The smallest absolute Gasteiger partial charge is 0.226 e. The predicted molar refractivity (Wildman–Crippen MR) is 65.2 cm³/mol. The summed E-state index contributed by atoms with van der Waals surface area (Å²) < 4.78 is 0. The summed E-state index contributed by atoms with van der Waals surface area (Å²) in [4.78, 5) is 12.2. The van der Waals surface area contributed by atoms with Gasteiger partial charge in [-0.05, 0) is 44.2 Å². The van der Waals surface area contributed by atoms with E-state index >= 15 is 0 Å². The normalized spacial score (nSPS) is 26.9. The highest BCUT2D eigenvalue weighted by Gasteiger charge is 2.37. The number of amides is 1. The quantitative estimate of drug-likeness (QED) is 0.766. The summed E-state index contributed by atoms with van der Waals surface area (Å²) in [5.41, 5.74) is 0.254. The third-order valence-electron chi connectivity index (χ3n) is 4.49. The van der Waals surface area contributed by atoms with Crippen LogP contribution < -0.4 is 10.6 Å². The molecule has 2 N–H and O–H groups in total. The molecule has 2 fully saturated rings. The molecule has 0 aromatic heterocycles. The van der Waals surface area contributed by atoms with Gasteiger partial charge in [-0.25, -0.2) is 0 Å². The van der Waals surface area contributed by atoms with E-state index in [1.165, 1.54) is 19.3 Å². The average molecular weight is 224 g/mol. The molecule has 2 rings (SSSR count). The van der Waals surface area contributed by atoms with Gasteiger partial charge in [-0.1, -0.05) is 20.3 Å². The van der Waals surface area contributed by atoms with Crippen LogP contribution in [0.2, 0.25) is 0 Å². The number of hydrogen-bond acceptors (Lipinski definition) is 2. The van der Waals surface area contributed by atoms with Crippen LogP contribution in [0, 0.1) is 10.8 Å². The molecule has 0 bridgehead atoms. The summed E-state index contributed by atoms with van der Waals surface area (Å²) >= 11 is 0. The maximum absolute atomic E-state index is 12.2. The van der Waals surface area contributed by atoms with Gasteiger partial charge in [-0.2, -0.15) is 0 Å². The molecule has 0 aromatic rings. The second-order valence-electron chi connectivity index (χ2n) is 6.16. The van der Waals surface area contributed by atoms with Crippen molar-refractivity contribution in [3.63, 3.8) is 0 Å². The minimum atomic E-state index is -0.134. The summed E-state index contributed by atoms with van der Waals surface area (Å²) in [6, 6.07) is 0. The van der Waals surface area contributed by atoms with Gasteiger partial charge < -0.3 is 10.6 Å². The molecule has 1 amide bonds. The first-order valence-electron chi connectivity index (χ1n) is 6.53. The van der Waals surface area contributed by atoms with E-state index in [2.05, 4.69) is 24.5 Å². The van der Waals surface area contributed by atoms with Gasteiger partial charge in [0.1, 0.15) is 0 Å². The molecule has 1 aliphatic carbocycles. The van der Waals surface area contributed by atoms with Gasteiger partial charge in [-0.3, -0.25) is 4.79 Å². The van der Waals surface area contributed by atoms with Crippen molar-refractivity contribution in [3.8, 4) is 0 Å². The molecule has 1 saturated heterocycles. The number of rotatable bonds is 3. The molecule has 0 aromatic carbocycles. The highest BCUT2D eigenvalue weighted by atomic mass is 16.2. The molecule has 2 aliphatic rings. The first-order valence-corrected chi connectivity index (χ1v) is 6.53. The molecule has 1 aliphatic heterocycles. The zero-order valence-electron chi connectivity index (χ0n) is 10.6.